The molecule has 0 spiro atoms. The monoisotopic (exact) mass is 190 g/mol. The van der Waals surface area contributed by atoms with E-state index < -0.39 is 0 Å². The lowest BCUT2D eigenvalue weighted by molar-refractivity contribution is 0.306. The second kappa shape index (κ2) is 4.08. The average Bonchev–Trinajstić information content (AvgIpc) is 1.85. The van der Waals surface area contributed by atoms with E-state index in [-0.39, 0.29) is 0 Å². The summed E-state index contributed by atoms with van der Waals surface area (Å²) in [5.41, 5.74) is 0.535. The zero-order valence-corrected chi connectivity index (χ0v) is 9.36. The van der Waals surface area contributed by atoms with Gasteiger partial charge in [-0.1, -0.05) is 42.4 Å². The maximum atomic E-state index is 2.35. The molecule has 0 bridgehead atoms. The van der Waals surface area contributed by atoms with E-state index in [1.165, 1.54) is 24.3 Å². The molecule has 66 valence electrons. The topological polar surface area (TPSA) is 0 Å². The summed E-state index contributed by atoms with van der Waals surface area (Å²) in [4.78, 5) is 0. The first kappa shape index (κ1) is 9.79. The quantitative estimate of drug-likeness (QED) is 0.576. The third kappa shape index (κ3) is 4.32. The van der Waals surface area contributed by atoms with Crippen molar-refractivity contribution in [3.8, 4) is 0 Å². The van der Waals surface area contributed by atoms with Gasteiger partial charge < -0.3 is 0 Å². The predicted molar refractivity (Wildman–Crippen MR) is 57.1 cm³/mol. The summed E-state index contributed by atoms with van der Waals surface area (Å²) >= 11 is 0. The van der Waals surface area contributed by atoms with Crippen LogP contribution in [0.3, 0.4) is 0 Å². The second-order valence-electron chi connectivity index (χ2n) is 4.53. The van der Waals surface area contributed by atoms with Crippen molar-refractivity contribution < 1.29 is 0 Å². The summed E-state index contributed by atoms with van der Waals surface area (Å²) in [5, 5.41) is 0. The fraction of sp³-hybridized carbons (Fsp3) is 1.00. The fourth-order valence-corrected chi connectivity index (χ4v) is 4.16. The number of rotatable bonds is 1. The van der Waals surface area contributed by atoms with Crippen molar-refractivity contribution in [2.45, 2.75) is 33.6 Å². The highest BCUT2D eigenvalue weighted by Gasteiger charge is 2.20. The molecule has 0 N–H and O–H groups in total. The molecule has 0 amide bonds. The Balaban J connectivity index is 2.24. The Kier molecular flexibility index (Phi) is 3.63. The molecule has 0 aromatic carbocycles. The molecule has 0 saturated carbocycles. The van der Waals surface area contributed by atoms with Crippen LogP contribution < -0.4 is 0 Å². The normalized spacial score (nSPS) is 27.0. The van der Waals surface area contributed by atoms with Crippen molar-refractivity contribution in [1.82, 2.24) is 0 Å². The first-order valence-corrected chi connectivity index (χ1v) is 6.81. The van der Waals surface area contributed by atoms with Crippen LogP contribution in [0.1, 0.15) is 33.6 Å². The molecule has 1 aliphatic heterocycles. The van der Waals surface area contributed by atoms with E-state index in [0.29, 0.717) is 5.41 Å². The molecule has 0 aromatic heterocycles. The Morgan fingerprint density at radius 1 is 1.27 bits per heavy atom. The van der Waals surface area contributed by atoms with Crippen molar-refractivity contribution in [3.05, 3.63) is 0 Å². The van der Waals surface area contributed by atoms with Gasteiger partial charge in [0.2, 0.25) is 0 Å². The second-order valence-corrected chi connectivity index (χ2v) is 7.15. The molecule has 0 aliphatic carbocycles. The van der Waals surface area contributed by atoms with Gasteiger partial charge in [0.25, 0.3) is 0 Å². The summed E-state index contributed by atoms with van der Waals surface area (Å²) < 4.78 is 0. The Morgan fingerprint density at radius 2 is 2.00 bits per heavy atom. The average molecular weight is 190 g/mol. The van der Waals surface area contributed by atoms with Gasteiger partial charge in [-0.2, -0.15) is 0 Å². The van der Waals surface area contributed by atoms with Gasteiger partial charge >= 0.3 is 0 Å². The minimum absolute atomic E-state index is 0.535. The van der Waals surface area contributed by atoms with E-state index in [4.69, 9.17) is 0 Å². The highest BCUT2D eigenvalue weighted by Crippen LogP contribution is 2.37. The van der Waals surface area contributed by atoms with Crippen LogP contribution in [-0.4, -0.2) is 11.5 Å². The molecule has 0 aromatic rings. The van der Waals surface area contributed by atoms with Crippen molar-refractivity contribution in [3.63, 3.8) is 0 Å². The molecule has 1 heterocycles. The van der Waals surface area contributed by atoms with Crippen molar-refractivity contribution in [2.75, 3.05) is 11.5 Å². The Morgan fingerprint density at radius 3 is 2.45 bits per heavy atom. The fourth-order valence-electron chi connectivity index (χ4n) is 1.53. The van der Waals surface area contributed by atoms with Crippen LogP contribution in [0.2, 0.25) is 0 Å². The van der Waals surface area contributed by atoms with Gasteiger partial charge in [-0.05, 0) is 24.2 Å². The molecule has 1 aliphatic rings. The van der Waals surface area contributed by atoms with E-state index in [9.17, 15) is 0 Å². The highest BCUT2D eigenvalue weighted by atomic mass is 33.1. The van der Waals surface area contributed by atoms with Crippen molar-refractivity contribution in [2.24, 2.45) is 11.3 Å². The maximum absolute atomic E-state index is 2.35. The standard InChI is InChI=1S/C9H18S2/c1-9(2,3)6-8-4-5-10-11-7-8/h8H,4-7H2,1-3H3. The van der Waals surface area contributed by atoms with Crippen LogP contribution >= 0.6 is 21.6 Å². The molecule has 11 heavy (non-hydrogen) atoms. The summed E-state index contributed by atoms with van der Waals surface area (Å²) in [5.74, 6) is 3.73. The van der Waals surface area contributed by atoms with E-state index in [2.05, 4.69) is 31.6 Å². The Hall–Kier alpha value is 0.700. The van der Waals surface area contributed by atoms with Crippen LogP contribution in [0.5, 0.6) is 0 Å². The van der Waals surface area contributed by atoms with Gasteiger partial charge in [-0.3, -0.25) is 0 Å². The van der Waals surface area contributed by atoms with E-state index in [0.717, 1.165) is 5.92 Å². The lowest BCUT2D eigenvalue weighted by atomic mass is 9.84. The molecular weight excluding hydrogens is 172 g/mol. The third-order valence-corrected chi connectivity index (χ3v) is 4.48. The molecular formula is C9H18S2. The van der Waals surface area contributed by atoms with Gasteiger partial charge in [0.15, 0.2) is 0 Å². The minimum Gasteiger partial charge on any atom is -0.0941 e. The molecule has 2 heteroatoms. The van der Waals surface area contributed by atoms with E-state index in [1.54, 1.807) is 0 Å². The minimum atomic E-state index is 0.535. The third-order valence-electron chi connectivity index (χ3n) is 1.90. The first-order valence-electron chi connectivity index (χ1n) is 4.32. The summed E-state index contributed by atoms with van der Waals surface area (Å²) in [7, 11) is 4.10. The van der Waals surface area contributed by atoms with E-state index >= 15 is 0 Å². The number of hydrogen-bond donors (Lipinski definition) is 0. The van der Waals surface area contributed by atoms with Crippen LogP contribution in [0.4, 0.5) is 0 Å². The zero-order chi connectivity index (χ0) is 8.32. The van der Waals surface area contributed by atoms with Crippen molar-refractivity contribution >= 4 is 21.6 Å². The largest absolute Gasteiger partial charge is 0.0941 e. The maximum Gasteiger partial charge on any atom is 0.00658 e. The van der Waals surface area contributed by atoms with Gasteiger partial charge in [0.1, 0.15) is 0 Å². The van der Waals surface area contributed by atoms with Crippen LogP contribution in [-0.2, 0) is 0 Å². The Bertz CT molecular complexity index is 109. The molecule has 1 atom stereocenters. The molecule has 1 unspecified atom stereocenters. The van der Waals surface area contributed by atoms with Crippen LogP contribution in [0.15, 0.2) is 0 Å². The summed E-state index contributed by atoms with van der Waals surface area (Å²) in [6.07, 6.45) is 2.84. The summed E-state index contributed by atoms with van der Waals surface area (Å²) in [6, 6.07) is 0. The van der Waals surface area contributed by atoms with E-state index in [1.807, 2.05) is 10.8 Å². The highest BCUT2D eigenvalue weighted by molar-refractivity contribution is 8.76. The smallest absolute Gasteiger partial charge is 0.00658 e. The lowest BCUT2D eigenvalue weighted by Crippen LogP contribution is -2.17. The van der Waals surface area contributed by atoms with Gasteiger partial charge in [-0.25, -0.2) is 0 Å². The molecule has 1 fully saturated rings. The SMILES string of the molecule is CC(C)(C)CC1CCSSC1. The first-order chi connectivity index (χ1) is 5.08. The zero-order valence-electron chi connectivity index (χ0n) is 7.72. The van der Waals surface area contributed by atoms with Crippen molar-refractivity contribution in [1.29, 1.82) is 0 Å². The number of hydrogen-bond acceptors (Lipinski definition) is 2. The predicted octanol–water partition coefficient (Wildman–Crippen LogP) is 3.82. The van der Waals surface area contributed by atoms with Crippen LogP contribution in [0, 0.1) is 11.3 Å². The van der Waals surface area contributed by atoms with Crippen LogP contribution in [0.25, 0.3) is 0 Å². The van der Waals surface area contributed by atoms with Gasteiger partial charge in [-0.15, -0.1) is 0 Å². The molecule has 0 nitrogen and oxygen atoms in total. The molecule has 1 rings (SSSR count). The molecule has 0 radical (unpaired) electrons. The molecule has 1 saturated heterocycles. The van der Waals surface area contributed by atoms with Gasteiger partial charge in [0, 0.05) is 11.5 Å². The summed E-state index contributed by atoms with van der Waals surface area (Å²) in [6.45, 7) is 7.04. The lowest BCUT2D eigenvalue weighted by Gasteiger charge is -2.27. The Labute approximate surface area is 78.3 Å². The van der Waals surface area contributed by atoms with Gasteiger partial charge in [0.05, 0.1) is 0 Å².